The Morgan fingerprint density at radius 2 is 1.88 bits per heavy atom. The van der Waals surface area contributed by atoms with E-state index in [2.05, 4.69) is 15.6 Å². The van der Waals surface area contributed by atoms with Crippen LogP contribution < -0.4 is 15.6 Å². The molecule has 1 aromatic carbocycles. The topological polar surface area (TPSA) is 115 Å². The first kappa shape index (κ1) is 26.8. The number of hydrogen-bond acceptors (Lipinski definition) is 6. The number of rotatable bonds is 11. The fourth-order valence-electron chi connectivity index (χ4n) is 3.29. The summed E-state index contributed by atoms with van der Waals surface area (Å²) in [7, 11) is 1.50. The Hall–Kier alpha value is -3.43. The smallest absolute Gasteiger partial charge is 0.404 e. The first-order valence-corrected chi connectivity index (χ1v) is 11.2. The Morgan fingerprint density at radius 3 is 2.47 bits per heavy atom. The van der Waals surface area contributed by atoms with E-state index < -0.39 is 18.0 Å². The standard InChI is InChI=1S/C24H33FN4O5/c1-14(2)21(26-24(31)32)13-29-23(30)18(12-20(27-29)16(5)28-34-15(3)4)8-7-17-11-19(25)9-10-22(17)33-6/h9-12,14-15,21,26H,7-8,13H2,1-6H3,(H,31,32). The number of carbonyl (C=O) groups is 1. The third-order valence-corrected chi connectivity index (χ3v) is 5.21. The Labute approximate surface area is 198 Å². The summed E-state index contributed by atoms with van der Waals surface area (Å²) in [6.07, 6.45) is -0.653. The highest BCUT2D eigenvalue weighted by Gasteiger charge is 2.20. The molecule has 0 saturated heterocycles. The summed E-state index contributed by atoms with van der Waals surface area (Å²) in [6, 6.07) is 5.36. The van der Waals surface area contributed by atoms with E-state index in [1.807, 2.05) is 27.7 Å². The summed E-state index contributed by atoms with van der Waals surface area (Å²) < 4.78 is 20.3. The number of aryl methyl sites for hydroxylation is 2. The SMILES string of the molecule is COc1ccc(F)cc1CCc1cc(C(C)=NOC(C)C)nn(CC(NC(=O)O)C(C)C)c1=O. The zero-order valence-electron chi connectivity index (χ0n) is 20.5. The van der Waals surface area contributed by atoms with Gasteiger partial charge in [-0.05, 0) is 69.4 Å². The van der Waals surface area contributed by atoms with Gasteiger partial charge in [-0.1, -0.05) is 19.0 Å². The molecular formula is C24H33FN4O5. The second kappa shape index (κ2) is 12.2. The van der Waals surface area contributed by atoms with Crippen molar-refractivity contribution in [3.8, 4) is 5.75 Å². The van der Waals surface area contributed by atoms with Crippen molar-refractivity contribution in [2.75, 3.05) is 7.11 Å². The zero-order valence-corrected chi connectivity index (χ0v) is 20.5. The number of halogens is 1. The average Bonchev–Trinajstić information content (AvgIpc) is 2.77. The predicted octanol–water partition coefficient (Wildman–Crippen LogP) is 3.62. The van der Waals surface area contributed by atoms with E-state index in [-0.39, 0.29) is 24.1 Å². The third kappa shape index (κ3) is 7.57. The van der Waals surface area contributed by atoms with Crippen molar-refractivity contribution in [3.05, 3.63) is 57.3 Å². The first-order valence-electron chi connectivity index (χ1n) is 11.2. The van der Waals surface area contributed by atoms with E-state index >= 15 is 0 Å². The molecule has 0 bridgehead atoms. The van der Waals surface area contributed by atoms with Gasteiger partial charge in [-0.15, -0.1) is 0 Å². The van der Waals surface area contributed by atoms with Gasteiger partial charge in [0.25, 0.3) is 5.56 Å². The monoisotopic (exact) mass is 476 g/mol. The number of methoxy groups -OCH3 is 1. The lowest BCUT2D eigenvalue weighted by molar-refractivity contribution is 0.0859. The highest BCUT2D eigenvalue weighted by molar-refractivity contribution is 5.96. The average molecular weight is 477 g/mol. The number of amides is 1. The van der Waals surface area contributed by atoms with Gasteiger partial charge < -0.3 is 20.0 Å². The second-order valence-electron chi connectivity index (χ2n) is 8.63. The molecular weight excluding hydrogens is 443 g/mol. The highest BCUT2D eigenvalue weighted by atomic mass is 19.1. The van der Waals surface area contributed by atoms with Crippen LogP contribution in [0.2, 0.25) is 0 Å². The molecule has 0 spiro atoms. The van der Waals surface area contributed by atoms with Crippen molar-refractivity contribution in [2.45, 2.75) is 66.2 Å². The Morgan fingerprint density at radius 1 is 1.21 bits per heavy atom. The minimum Gasteiger partial charge on any atom is -0.496 e. The third-order valence-electron chi connectivity index (χ3n) is 5.21. The van der Waals surface area contributed by atoms with Gasteiger partial charge in [-0.2, -0.15) is 5.10 Å². The molecule has 0 aliphatic heterocycles. The van der Waals surface area contributed by atoms with Crippen LogP contribution in [0, 0.1) is 11.7 Å². The normalized spacial score (nSPS) is 12.7. The molecule has 1 atom stereocenters. The van der Waals surface area contributed by atoms with Crippen LogP contribution in [0.5, 0.6) is 5.75 Å². The molecule has 1 unspecified atom stereocenters. The number of nitrogens with one attached hydrogen (secondary N) is 1. The molecule has 1 amide bonds. The molecule has 34 heavy (non-hydrogen) atoms. The number of carboxylic acid groups (broad SMARTS) is 1. The van der Waals surface area contributed by atoms with Gasteiger partial charge in [-0.3, -0.25) is 4.79 Å². The predicted molar refractivity (Wildman–Crippen MR) is 127 cm³/mol. The van der Waals surface area contributed by atoms with Crippen LogP contribution in [-0.2, 0) is 24.2 Å². The zero-order chi connectivity index (χ0) is 25.4. The quantitative estimate of drug-likeness (QED) is 0.378. The van der Waals surface area contributed by atoms with E-state index in [0.29, 0.717) is 41.1 Å². The number of oxime groups is 1. The summed E-state index contributed by atoms with van der Waals surface area (Å²) in [4.78, 5) is 29.8. The van der Waals surface area contributed by atoms with Gasteiger partial charge in [0.2, 0.25) is 0 Å². The fraction of sp³-hybridized carbons (Fsp3) is 0.500. The van der Waals surface area contributed by atoms with Crippen LogP contribution in [0.1, 0.15) is 51.4 Å². The van der Waals surface area contributed by atoms with Crippen LogP contribution in [0.3, 0.4) is 0 Å². The summed E-state index contributed by atoms with van der Waals surface area (Å²) in [5.41, 5.74) is 1.62. The van der Waals surface area contributed by atoms with E-state index in [0.717, 1.165) is 0 Å². The maximum atomic E-state index is 13.8. The molecule has 1 heterocycles. The van der Waals surface area contributed by atoms with Gasteiger partial charge >= 0.3 is 6.09 Å². The molecule has 0 aliphatic carbocycles. The summed E-state index contributed by atoms with van der Waals surface area (Å²) in [5.74, 6) is 0.0640. The molecule has 0 saturated carbocycles. The number of hydrogen-bond donors (Lipinski definition) is 2. The van der Waals surface area contributed by atoms with Crippen molar-refractivity contribution >= 4 is 11.8 Å². The molecule has 2 rings (SSSR count). The largest absolute Gasteiger partial charge is 0.496 e. The van der Waals surface area contributed by atoms with Gasteiger partial charge in [0, 0.05) is 5.56 Å². The molecule has 0 radical (unpaired) electrons. The Balaban J connectivity index is 2.47. The molecule has 1 aromatic heterocycles. The molecule has 186 valence electrons. The van der Waals surface area contributed by atoms with Crippen LogP contribution in [0.25, 0.3) is 0 Å². The van der Waals surface area contributed by atoms with Crippen molar-refractivity contribution in [2.24, 2.45) is 11.1 Å². The van der Waals surface area contributed by atoms with Gasteiger partial charge in [0.15, 0.2) is 0 Å². The number of aromatic nitrogens is 2. The van der Waals surface area contributed by atoms with E-state index in [9.17, 15) is 19.1 Å². The van der Waals surface area contributed by atoms with Gasteiger partial charge in [-0.25, -0.2) is 13.9 Å². The van der Waals surface area contributed by atoms with Crippen LogP contribution in [-0.4, -0.2) is 45.9 Å². The summed E-state index contributed by atoms with van der Waals surface area (Å²) in [5, 5.41) is 20.1. The maximum absolute atomic E-state index is 13.8. The Bertz CT molecular complexity index is 1080. The second-order valence-corrected chi connectivity index (χ2v) is 8.63. The minimum absolute atomic E-state index is 0.0469. The van der Waals surface area contributed by atoms with Gasteiger partial charge in [0.1, 0.15) is 29.1 Å². The molecule has 10 heteroatoms. The number of ether oxygens (including phenoxy) is 1. The van der Waals surface area contributed by atoms with E-state index in [1.165, 1.54) is 23.9 Å². The first-order chi connectivity index (χ1) is 16.0. The fourth-order valence-corrected chi connectivity index (χ4v) is 3.29. The van der Waals surface area contributed by atoms with Crippen LogP contribution >= 0.6 is 0 Å². The molecule has 2 N–H and O–H groups in total. The minimum atomic E-state index is -1.18. The lowest BCUT2D eigenvalue weighted by Crippen LogP contribution is -2.44. The molecule has 2 aromatic rings. The van der Waals surface area contributed by atoms with Crippen molar-refractivity contribution in [3.63, 3.8) is 0 Å². The molecule has 0 fully saturated rings. The van der Waals surface area contributed by atoms with Gasteiger partial charge in [0.05, 0.1) is 19.7 Å². The lowest BCUT2D eigenvalue weighted by atomic mass is 10.0. The molecule has 0 aliphatic rings. The lowest BCUT2D eigenvalue weighted by Gasteiger charge is -2.22. The van der Waals surface area contributed by atoms with E-state index in [1.54, 1.807) is 19.1 Å². The van der Waals surface area contributed by atoms with Crippen LogP contribution in [0.15, 0.2) is 34.2 Å². The Kier molecular flexibility index (Phi) is 9.58. The van der Waals surface area contributed by atoms with Crippen molar-refractivity contribution in [1.29, 1.82) is 0 Å². The number of nitrogens with zero attached hydrogens (tertiary/aromatic N) is 3. The summed E-state index contributed by atoms with van der Waals surface area (Å²) >= 11 is 0. The van der Waals surface area contributed by atoms with E-state index in [4.69, 9.17) is 9.57 Å². The van der Waals surface area contributed by atoms with Crippen molar-refractivity contribution < 1.29 is 23.9 Å². The summed E-state index contributed by atoms with van der Waals surface area (Å²) in [6.45, 7) is 9.16. The van der Waals surface area contributed by atoms with Crippen LogP contribution in [0.4, 0.5) is 9.18 Å². The number of benzene rings is 1. The highest BCUT2D eigenvalue weighted by Crippen LogP contribution is 2.21. The molecule has 9 nitrogen and oxygen atoms in total. The van der Waals surface area contributed by atoms with Crippen molar-refractivity contribution in [1.82, 2.24) is 15.1 Å². The maximum Gasteiger partial charge on any atom is 0.404 e.